The van der Waals surface area contributed by atoms with E-state index in [9.17, 15) is 14.9 Å². The molecule has 1 aliphatic heterocycles. The van der Waals surface area contributed by atoms with Crippen LogP contribution in [0.5, 0.6) is 0 Å². The van der Waals surface area contributed by atoms with Crippen LogP contribution in [0.2, 0.25) is 0 Å². The Bertz CT molecular complexity index is 734. The summed E-state index contributed by atoms with van der Waals surface area (Å²) in [6.45, 7) is 0.603. The number of likely N-dealkylation sites (tertiary alicyclic amines) is 1. The van der Waals surface area contributed by atoms with E-state index < -0.39 is 4.92 Å². The van der Waals surface area contributed by atoms with Crippen LogP contribution >= 0.6 is 11.3 Å². The number of imidazole rings is 1. The molecule has 1 amide bonds. The van der Waals surface area contributed by atoms with E-state index in [2.05, 4.69) is 10.3 Å². The maximum absolute atomic E-state index is 11.9. The third-order valence-electron chi connectivity index (χ3n) is 3.90. The molecule has 1 saturated carbocycles. The smallest absolute Gasteiger partial charge is 0.358 e. The minimum Gasteiger partial charge on any atom is -0.358 e. The minimum atomic E-state index is -0.440. The number of amides is 1. The second-order valence-electron chi connectivity index (χ2n) is 5.42. The molecule has 3 heterocycles. The van der Waals surface area contributed by atoms with Gasteiger partial charge in [-0.15, -0.1) is 0 Å². The summed E-state index contributed by atoms with van der Waals surface area (Å²) in [6, 6.07) is 0.270. The number of fused-ring (bicyclic) bond motifs is 1. The second kappa shape index (κ2) is 4.42. The first-order valence-corrected chi connectivity index (χ1v) is 7.67. The summed E-state index contributed by atoms with van der Waals surface area (Å²) in [5, 5.41) is 16.1. The Morgan fingerprint density at radius 3 is 3.00 bits per heavy atom. The van der Waals surface area contributed by atoms with E-state index in [-0.39, 0.29) is 23.6 Å². The molecule has 0 radical (unpaired) electrons. The molecule has 4 rings (SSSR count). The van der Waals surface area contributed by atoms with Crippen LogP contribution in [0.25, 0.3) is 4.96 Å². The summed E-state index contributed by atoms with van der Waals surface area (Å²) in [4.78, 5) is 29.5. The van der Waals surface area contributed by atoms with Gasteiger partial charge in [0.1, 0.15) is 6.20 Å². The van der Waals surface area contributed by atoms with Crippen LogP contribution in [0.4, 0.5) is 11.6 Å². The van der Waals surface area contributed by atoms with Crippen molar-refractivity contribution in [2.24, 2.45) is 0 Å². The minimum absolute atomic E-state index is 0.0661. The molecule has 9 heteroatoms. The molecule has 2 aromatic heterocycles. The molecule has 1 unspecified atom stereocenters. The fourth-order valence-electron chi connectivity index (χ4n) is 2.81. The van der Waals surface area contributed by atoms with Gasteiger partial charge in [0, 0.05) is 24.4 Å². The number of nitrogens with zero attached hydrogens (tertiary/aromatic N) is 4. The van der Waals surface area contributed by atoms with Gasteiger partial charge in [-0.1, -0.05) is 11.3 Å². The average molecular weight is 307 g/mol. The van der Waals surface area contributed by atoms with E-state index in [1.165, 1.54) is 15.7 Å². The number of carbonyl (C=O) groups is 1. The van der Waals surface area contributed by atoms with Crippen molar-refractivity contribution in [1.82, 2.24) is 14.3 Å². The summed E-state index contributed by atoms with van der Waals surface area (Å²) in [6.07, 6.45) is 4.14. The van der Waals surface area contributed by atoms with E-state index in [0.29, 0.717) is 24.0 Å². The Morgan fingerprint density at radius 2 is 2.29 bits per heavy atom. The first-order chi connectivity index (χ1) is 10.1. The lowest BCUT2D eigenvalue weighted by Gasteiger charge is -2.15. The van der Waals surface area contributed by atoms with Crippen LogP contribution in [0.15, 0.2) is 11.6 Å². The largest absolute Gasteiger partial charge is 0.372 e. The van der Waals surface area contributed by atoms with Crippen molar-refractivity contribution in [1.29, 1.82) is 0 Å². The zero-order valence-electron chi connectivity index (χ0n) is 11.1. The van der Waals surface area contributed by atoms with Gasteiger partial charge in [-0.3, -0.25) is 4.79 Å². The highest BCUT2D eigenvalue weighted by atomic mass is 32.1. The van der Waals surface area contributed by atoms with E-state index >= 15 is 0 Å². The maximum atomic E-state index is 11.9. The number of nitro groups is 1. The topological polar surface area (TPSA) is 92.8 Å². The predicted molar refractivity (Wildman–Crippen MR) is 76.5 cm³/mol. The fourth-order valence-corrected chi connectivity index (χ4v) is 3.52. The van der Waals surface area contributed by atoms with Crippen molar-refractivity contribution < 1.29 is 9.72 Å². The Hall–Kier alpha value is -2.16. The third kappa shape index (κ3) is 2.04. The Labute approximate surface area is 123 Å². The van der Waals surface area contributed by atoms with Gasteiger partial charge in [-0.2, -0.15) is 9.38 Å². The molecule has 1 N–H and O–H groups in total. The number of rotatable bonds is 4. The van der Waals surface area contributed by atoms with Gasteiger partial charge in [-0.25, -0.2) is 0 Å². The molecule has 110 valence electrons. The van der Waals surface area contributed by atoms with E-state index in [1.807, 2.05) is 4.90 Å². The highest BCUT2D eigenvalue weighted by molar-refractivity contribution is 7.15. The SMILES string of the molecule is O=C1CC(Nc2nc3sccn3c2[N+](=O)[O-])CN1C1CC1. The molecule has 1 aliphatic carbocycles. The first-order valence-electron chi connectivity index (χ1n) is 6.79. The zero-order chi connectivity index (χ0) is 14.6. The number of aromatic nitrogens is 2. The van der Waals surface area contributed by atoms with Crippen molar-refractivity contribution in [3.05, 3.63) is 21.7 Å². The van der Waals surface area contributed by atoms with Crippen molar-refractivity contribution in [3.8, 4) is 0 Å². The summed E-state index contributed by atoms with van der Waals surface area (Å²) in [5.74, 6) is 0.310. The van der Waals surface area contributed by atoms with Gasteiger partial charge >= 0.3 is 5.82 Å². The lowest BCUT2D eigenvalue weighted by molar-refractivity contribution is -0.389. The highest BCUT2D eigenvalue weighted by Crippen LogP contribution is 2.33. The molecular formula is C12H13N5O3S. The number of hydrogen-bond donors (Lipinski definition) is 1. The van der Waals surface area contributed by atoms with Gasteiger partial charge < -0.3 is 20.3 Å². The van der Waals surface area contributed by atoms with Gasteiger partial charge in [-0.05, 0) is 17.8 Å². The molecule has 0 aromatic carbocycles. The summed E-state index contributed by atoms with van der Waals surface area (Å²) in [5.41, 5.74) is 0. The lowest BCUT2D eigenvalue weighted by Crippen LogP contribution is -2.29. The normalized spacial score (nSPS) is 22.2. The average Bonchev–Trinajstić information content (AvgIpc) is 2.91. The van der Waals surface area contributed by atoms with Gasteiger partial charge in [0.2, 0.25) is 11.7 Å². The highest BCUT2D eigenvalue weighted by Gasteiger charge is 2.40. The number of hydrogen-bond acceptors (Lipinski definition) is 6. The van der Waals surface area contributed by atoms with Crippen LogP contribution in [0.1, 0.15) is 19.3 Å². The van der Waals surface area contributed by atoms with Crippen molar-refractivity contribution >= 4 is 33.8 Å². The Balaban J connectivity index is 1.59. The predicted octanol–water partition coefficient (Wildman–Crippen LogP) is 1.48. The number of nitrogens with one attached hydrogen (secondary N) is 1. The van der Waals surface area contributed by atoms with Crippen LogP contribution in [-0.4, -0.2) is 43.7 Å². The van der Waals surface area contributed by atoms with Gasteiger partial charge in [0.25, 0.3) is 4.96 Å². The molecule has 2 aromatic rings. The third-order valence-corrected chi connectivity index (χ3v) is 4.65. The van der Waals surface area contributed by atoms with Crippen LogP contribution in [-0.2, 0) is 4.79 Å². The summed E-state index contributed by atoms with van der Waals surface area (Å²) >= 11 is 1.34. The Kier molecular flexibility index (Phi) is 2.64. The monoisotopic (exact) mass is 307 g/mol. The van der Waals surface area contributed by atoms with Crippen LogP contribution in [0.3, 0.4) is 0 Å². The first kappa shape index (κ1) is 12.6. The van der Waals surface area contributed by atoms with Crippen LogP contribution < -0.4 is 5.32 Å². The van der Waals surface area contributed by atoms with Crippen LogP contribution in [0, 0.1) is 10.1 Å². The lowest BCUT2D eigenvalue weighted by atomic mass is 10.2. The second-order valence-corrected chi connectivity index (χ2v) is 6.29. The quantitative estimate of drug-likeness (QED) is 0.682. The van der Waals surface area contributed by atoms with E-state index in [1.54, 1.807) is 11.6 Å². The van der Waals surface area contributed by atoms with E-state index in [4.69, 9.17) is 0 Å². The van der Waals surface area contributed by atoms with E-state index in [0.717, 1.165) is 12.8 Å². The Morgan fingerprint density at radius 1 is 1.48 bits per heavy atom. The number of anilines is 1. The summed E-state index contributed by atoms with van der Waals surface area (Å²) in [7, 11) is 0. The molecule has 0 spiro atoms. The number of carbonyl (C=O) groups excluding carboxylic acids is 1. The van der Waals surface area contributed by atoms with Gasteiger partial charge in [0.15, 0.2) is 0 Å². The molecule has 2 fully saturated rings. The number of thiazole rings is 1. The molecular weight excluding hydrogens is 294 g/mol. The molecule has 21 heavy (non-hydrogen) atoms. The van der Waals surface area contributed by atoms with Crippen molar-refractivity contribution in [3.63, 3.8) is 0 Å². The fraction of sp³-hybridized carbons (Fsp3) is 0.500. The maximum Gasteiger partial charge on any atom is 0.372 e. The molecule has 1 saturated heterocycles. The standard InChI is InChI=1S/C12H13N5O3S/c18-9-5-7(6-16(9)8-1-2-8)13-10-11(17(19)20)15-3-4-21-12(15)14-10/h3-4,7-8,13H,1-2,5-6H2. The van der Waals surface area contributed by atoms with Crippen molar-refractivity contribution in [2.75, 3.05) is 11.9 Å². The molecule has 0 bridgehead atoms. The summed E-state index contributed by atoms with van der Waals surface area (Å²) < 4.78 is 1.46. The molecule has 8 nitrogen and oxygen atoms in total. The van der Waals surface area contributed by atoms with Crippen molar-refractivity contribution in [2.45, 2.75) is 31.3 Å². The molecule has 1 atom stereocenters. The van der Waals surface area contributed by atoms with Gasteiger partial charge in [0.05, 0.1) is 6.04 Å². The zero-order valence-corrected chi connectivity index (χ0v) is 11.9. The molecule has 2 aliphatic rings.